The van der Waals surface area contributed by atoms with Gasteiger partial charge in [0.05, 0.1) is 12.1 Å². The SMILES string of the molecule is Cc1ccc(NC(=O)c2cc(C)c(C)c3ncccc23)cc1NC(=O)CN(C)C. The Hall–Kier alpha value is -3.25. The van der Waals surface area contributed by atoms with Gasteiger partial charge in [0.1, 0.15) is 0 Å². The lowest BCUT2D eigenvalue weighted by molar-refractivity contribution is -0.116. The Bertz CT molecular complexity index is 1090. The Morgan fingerprint density at radius 1 is 1.00 bits per heavy atom. The molecule has 2 amide bonds. The summed E-state index contributed by atoms with van der Waals surface area (Å²) in [6.45, 7) is 6.19. The summed E-state index contributed by atoms with van der Waals surface area (Å²) in [5, 5.41) is 6.67. The number of nitrogens with one attached hydrogen (secondary N) is 2. The van der Waals surface area contributed by atoms with Crippen LogP contribution in [-0.2, 0) is 4.79 Å². The van der Waals surface area contributed by atoms with Crippen LogP contribution < -0.4 is 10.6 Å². The molecule has 6 nitrogen and oxygen atoms in total. The molecule has 0 bridgehead atoms. The molecule has 0 atom stereocenters. The lowest BCUT2D eigenvalue weighted by Gasteiger charge is -2.15. The van der Waals surface area contributed by atoms with Crippen molar-refractivity contribution in [2.75, 3.05) is 31.3 Å². The molecule has 1 aromatic heterocycles. The third-order valence-corrected chi connectivity index (χ3v) is 4.88. The lowest BCUT2D eigenvalue weighted by atomic mass is 9.99. The number of fused-ring (bicyclic) bond motifs is 1. The molecule has 0 aliphatic heterocycles. The maximum Gasteiger partial charge on any atom is 0.256 e. The number of anilines is 2. The van der Waals surface area contributed by atoms with E-state index in [0.29, 0.717) is 16.9 Å². The molecule has 0 fully saturated rings. The number of benzene rings is 2. The van der Waals surface area contributed by atoms with Crippen LogP contribution in [0.25, 0.3) is 10.9 Å². The molecule has 3 rings (SSSR count). The molecular formula is C23H26N4O2. The zero-order chi connectivity index (χ0) is 21.1. The van der Waals surface area contributed by atoms with Gasteiger partial charge >= 0.3 is 0 Å². The first-order valence-electron chi connectivity index (χ1n) is 9.47. The summed E-state index contributed by atoms with van der Waals surface area (Å²) in [5.41, 5.74) is 5.72. The van der Waals surface area contributed by atoms with Gasteiger partial charge in [-0.3, -0.25) is 14.6 Å². The van der Waals surface area contributed by atoms with Gasteiger partial charge in [-0.1, -0.05) is 12.1 Å². The molecule has 0 radical (unpaired) electrons. The van der Waals surface area contributed by atoms with Gasteiger partial charge in [-0.25, -0.2) is 0 Å². The molecule has 0 saturated carbocycles. The Labute approximate surface area is 170 Å². The van der Waals surface area contributed by atoms with Crippen molar-refractivity contribution in [1.29, 1.82) is 0 Å². The number of amides is 2. The summed E-state index contributed by atoms with van der Waals surface area (Å²) in [5.74, 6) is -0.312. The van der Waals surface area contributed by atoms with Crippen molar-refractivity contribution in [2.45, 2.75) is 20.8 Å². The van der Waals surface area contributed by atoms with Crippen molar-refractivity contribution in [3.8, 4) is 0 Å². The number of carbonyl (C=O) groups excluding carboxylic acids is 2. The van der Waals surface area contributed by atoms with Gasteiger partial charge < -0.3 is 15.5 Å². The van der Waals surface area contributed by atoms with E-state index in [9.17, 15) is 9.59 Å². The largest absolute Gasteiger partial charge is 0.325 e. The minimum atomic E-state index is -0.208. The average molecular weight is 390 g/mol. The summed E-state index contributed by atoms with van der Waals surface area (Å²) >= 11 is 0. The fourth-order valence-electron chi connectivity index (χ4n) is 3.21. The minimum absolute atomic E-state index is 0.104. The van der Waals surface area contributed by atoms with Crippen LogP contribution >= 0.6 is 0 Å². The molecule has 29 heavy (non-hydrogen) atoms. The topological polar surface area (TPSA) is 74.3 Å². The highest BCUT2D eigenvalue weighted by Crippen LogP contribution is 2.26. The van der Waals surface area contributed by atoms with Crippen molar-refractivity contribution in [3.63, 3.8) is 0 Å². The number of pyridine rings is 1. The minimum Gasteiger partial charge on any atom is -0.325 e. The van der Waals surface area contributed by atoms with Crippen molar-refractivity contribution in [1.82, 2.24) is 9.88 Å². The van der Waals surface area contributed by atoms with Gasteiger partial charge in [0, 0.05) is 28.5 Å². The highest BCUT2D eigenvalue weighted by atomic mass is 16.2. The maximum absolute atomic E-state index is 13.0. The third kappa shape index (κ3) is 4.60. The summed E-state index contributed by atoms with van der Waals surface area (Å²) in [6.07, 6.45) is 1.74. The van der Waals surface area contributed by atoms with E-state index in [1.807, 2.05) is 65.2 Å². The molecule has 2 aromatic carbocycles. The third-order valence-electron chi connectivity index (χ3n) is 4.88. The van der Waals surface area contributed by atoms with Gasteiger partial charge in [0.2, 0.25) is 5.91 Å². The molecule has 0 spiro atoms. The van der Waals surface area contributed by atoms with Gasteiger partial charge in [-0.15, -0.1) is 0 Å². The van der Waals surface area contributed by atoms with Crippen molar-refractivity contribution >= 4 is 34.1 Å². The van der Waals surface area contributed by atoms with Crippen LogP contribution in [0.4, 0.5) is 11.4 Å². The van der Waals surface area contributed by atoms with E-state index in [-0.39, 0.29) is 18.4 Å². The van der Waals surface area contributed by atoms with E-state index >= 15 is 0 Å². The number of aryl methyl sites for hydroxylation is 3. The first-order valence-corrected chi connectivity index (χ1v) is 9.47. The van der Waals surface area contributed by atoms with Gasteiger partial charge in [-0.05, 0) is 75.8 Å². The first kappa shape index (κ1) is 20.5. The lowest BCUT2D eigenvalue weighted by Crippen LogP contribution is -2.27. The van der Waals surface area contributed by atoms with E-state index < -0.39 is 0 Å². The summed E-state index contributed by atoms with van der Waals surface area (Å²) in [4.78, 5) is 31.4. The van der Waals surface area contributed by atoms with E-state index in [4.69, 9.17) is 0 Å². The summed E-state index contributed by atoms with van der Waals surface area (Å²) < 4.78 is 0. The zero-order valence-electron chi connectivity index (χ0n) is 17.5. The fourth-order valence-corrected chi connectivity index (χ4v) is 3.21. The van der Waals surface area contributed by atoms with Crippen molar-refractivity contribution < 1.29 is 9.59 Å². The van der Waals surface area contributed by atoms with E-state index in [1.165, 1.54) is 0 Å². The molecule has 0 aliphatic rings. The Morgan fingerprint density at radius 2 is 1.76 bits per heavy atom. The molecule has 6 heteroatoms. The number of likely N-dealkylation sites (N-methyl/N-ethyl adjacent to an activating group) is 1. The molecule has 3 aromatic rings. The molecule has 0 saturated heterocycles. The molecule has 150 valence electrons. The summed E-state index contributed by atoms with van der Waals surface area (Å²) in [7, 11) is 3.68. The van der Waals surface area contributed by atoms with Crippen molar-refractivity contribution in [3.05, 3.63) is 64.8 Å². The van der Waals surface area contributed by atoms with Crippen molar-refractivity contribution in [2.24, 2.45) is 0 Å². The highest BCUT2D eigenvalue weighted by molar-refractivity contribution is 6.13. The normalized spacial score (nSPS) is 11.0. The number of rotatable bonds is 5. The number of hydrogen-bond donors (Lipinski definition) is 2. The van der Waals surface area contributed by atoms with Crippen LogP contribution in [0.2, 0.25) is 0 Å². The Balaban J connectivity index is 1.88. The second kappa shape index (κ2) is 8.41. The van der Waals surface area contributed by atoms with Crippen LogP contribution in [0.5, 0.6) is 0 Å². The monoisotopic (exact) mass is 390 g/mol. The number of carbonyl (C=O) groups is 2. The maximum atomic E-state index is 13.0. The highest BCUT2D eigenvalue weighted by Gasteiger charge is 2.15. The fraction of sp³-hybridized carbons (Fsp3) is 0.261. The Kier molecular flexibility index (Phi) is 5.94. The molecule has 0 aliphatic carbocycles. The molecule has 2 N–H and O–H groups in total. The van der Waals surface area contributed by atoms with E-state index in [2.05, 4.69) is 15.6 Å². The molecular weight excluding hydrogens is 364 g/mol. The second-order valence-corrected chi connectivity index (χ2v) is 7.54. The Morgan fingerprint density at radius 3 is 2.48 bits per heavy atom. The predicted molar refractivity (Wildman–Crippen MR) is 118 cm³/mol. The molecule has 0 unspecified atom stereocenters. The number of nitrogens with zero attached hydrogens (tertiary/aromatic N) is 2. The van der Waals surface area contributed by atoms with Gasteiger partial charge in [0.25, 0.3) is 5.91 Å². The standard InChI is InChI=1S/C23H26N4O2/c1-14-8-9-17(12-20(14)26-21(28)13-27(4)5)25-23(29)19-11-15(2)16(3)22-18(19)7-6-10-24-22/h6-12H,13H2,1-5H3,(H,25,29)(H,26,28). The second-order valence-electron chi connectivity index (χ2n) is 7.54. The zero-order valence-corrected chi connectivity index (χ0v) is 17.5. The van der Waals surface area contributed by atoms with Crippen LogP contribution in [0.15, 0.2) is 42.6 Å². The van der Waals surface area contributed by atoms with Crippen LogP contribution in [0, 0.1) is 20.8 Å². The van der Waals surface area contributed by atoms with E-state index in [0.717, 1.165) is 27.6 Å². The smallest absolute Gasteiger partial charge is 0.256 e. The molecule has 1 heterocycles. The average Bonchev–Trinajstić information content (AvgIpc) is 2.66. The van der Waals surface area contributed by atoms with Gasteiger partial charge in [0.15, 0.2) is 0 Å². The number of aromatic nitrogens is 1. The van der Waals surface area contributed by atoms with Crippen LogP contribution in [0.3, 0.4) is 0 Å². The quantitative estimate of drug-likeness (QED) is 0.693. The van der Waals surface area contributed by atoms with Gasteiger partial charge in [-0.2, -0.15) is 0 Å². The van der Waals surface area contributed by atoms with E-state index in [1.54, 1.807) is 17.2 Å². The van der Waals surface area contributed by atoms with Crippen LogP contribution in [-0.4, -0.2) is 42.3 Å². The van der Waals surface area contributed by atoms with Crippen LogP contribution in [0.1, 0.15) is 27.0 Å². The summed E-state index contributed by atoms with van der Waals surface area (Å²) in [6, 6.07) is 11.1. The number of hydrogen-bond acceptors (Lipinski definition) is 4. The first-order chi connectivity index (χ1) is 13.8. The predicted octanol–water partition coefficient (Wildman–Crippen LogP) is 3.91.